The number of carboxylic acids is 1. The highest BCUT2D eigenvalue weighted by molar-refractivity contribution is 5.71. The van der Waals surface area contributed by atoms with Gasteiger partial charge in [-0.3, -0.25) is 4.79 Å². The topological polar surface area (TPSA) is 69.6 Å². The summed E-state index contributed by atoms with van der Waals surface area (Å²) in [6, 6.07) is 14.3. The Labute approximate surface area is 164 Å². The number of nitrogens with one attached hydrogen (secondary N) is 1. The van der Waals surface area contributed by atoms with Crippen LogP contribution in [0, 0.1) is 13.8 Å². The van der Waals surface area contributed by atoms with Crippen molar-refractivity contribution in [3.63, 3.8) is 0 Å². The predicted octanol–water partition coefficient (Wildman–Crippen LogP) is 5.00. The minimum absolute atomic E-state index is 0.118. The van der Waals surface area contributed by atoms with Gasteiger partial charge in [-0.25, -0.2) is 0 Å². The number of aliphatic carboxylic acids is 1. The summed E-state index contributed by atoms with van der Waals surface area (Å²) in [5.41, 5.74) is 5.97. The van der Waals surface area contributed by atoms with Crippen LogP contribution in [0.25, 0.3) is 0 Å². The predicted molar refractivity (Wildman–Crippen MR) is 115 cm³/mol. The average molecular weight is 374 g/mol. The van der Waals surface area contributed by atoms with Gasteiger partial charge in [-0.05, 0) is 50.8 Å². The number of carbonyl (C=O) groups is 1. The van der Waals surface area contributed by atoms with E-state index in [0.717, 1.165) is 30.6 Å². The van der Waals surface area contributed by atoms with Crippen molar-refractivity contribution in [3.05, 3.63) is 64.7 Å². The van der Waals surface area contributed by atoms with Crippen molar-refractivity contribution >= 4 is 11.7 Å². The van der Waals surface area contributed by atoms with E-state index in [1.807, 2.05) is 32.0 Å². The van der Waals surface area contributed by atoms with Gasteiger partial charge in [0.25, 0.3) is 0 Å². The molecule has 0 amide bonds. The molecule has 1 heterocycles. The zero-order valence-electron chi connectivity index (χ0n) is 17.4. The van der Waals surface area contributed by atoms with Gasteiger partial charge in [-0.15, -0.1) is 0 Å². The fourth-order valence-corrected chi connectivity index (χ4v) is 2.62. The van der Waals surface area contributed by atoms with Crippen LogP contribution in [0.15, 0.2) is 42.5 Å². The summed E-state index contributed by atoms with van der Waals surface area (Å²) in [5, 5.41) is 19.5. The molecule has 0 atom stereocenters. The molecule has 4 heteroatoms. The van der Waals surface area contributed by atoms with Crippen LogP contribution in [-0.4, -0.2) is 29.3 Å². The Hall–Kier alpha value is -2.33. The van der Waals surface area contributed by atoms with Crippen molar-refractivity contribution in [2.24, 2.45) is 0 Å². The third-order valence-electron chi connectivity index (χ3n) is 3.64. The molecule has 1 aliphatic heterocycles. The molecule has 2 aromatic carbocycles. The number of anilines is 1. The smallest absolute Gasteiger partial charge is 0.307 e. The lowest BCUT2D eigenvalue weighted by Crippen LogP contribution is -2.12. The van der Waals surface area contributed by atoms with Gasteiger partial charge in [0.2, 0.25) is 0 Å². The molecule has 0 bridgehead atoms. The Morgan fingerprint density at radius 2 is 1.67 bits per heavy atom. The van der Waals surface area contributed by atoms with E-state index in [2.05, 4.69) is 43.4 Å². The molecule has 0 unspecified atom stereocenters. The van der Waals surface area contributed by atoms with Crippen LogP contribution < -0.4 is 5.32 Å². The van der Waals surface area contributed by atoms with Crippen molar-refractivity contribution in [2.45, 2.75) is 53.9 Å². The molecular weight excluding hydrogens is 338 g/mol. The lowest BCUT2D eigenvalue weighted by atomic mass is 10.00. The van der Waals surface area contributed by atoms with Gasteiger partial charge in [-0.1, -0.05) is 61.4 Å². The Kier molecular flexibility index (Phi) is 13.5. The number of hydrogen-bond donors (Lipinski definition) is 3. The van der Waals surface area contributed by atoms with Crippen LogP contribution >= 0.6 is 0 Å². The van der Waals surface area contributed by atoms with Gasteiger partial charge < -0.3 is 15.5 Å². The fourth-order valence-electron chi connectivity index (χ4n) is 2.62. The van der Waals surface area contributed by atoms with Crippen LogP contribution in [0.1, 0.15) is 49.4 Å². The van der Waals surface area contributed by atoms with Gasteiger partial charge in [0.15, 0.2) is 0 Å². The van der Waals surface area contributed by atoms with E-state index in [1.54, 1.807) is 6.92 Å². The van der Waals surface area contributed by atoms with Crippen LogP contribution in [0.5, 0.6) is 0 Å². The van der Waals surface area contributed by atoms with Crippen LogP contribution in [-0.2, 0) is 17.6 Å². The first-order valence-corrected chi connectivity index (χ1v) is 9.67. The highest BCUT2D eigenvalue weighted by Gasteiger charge is 2.09. The molecule has 4 nitrogen and oxygen atoms in total. The largest absolute Gasteiger partial charge is 0.481 e. The van der Waals surface area contributed by atoms with E-state index < -0.39 is 5.97 Å². The van der Waals surface area contributed by atoms with Crippen LogP contribution in [0.4, 0.5) is 5.69 Å². The Morgan fingerprint density at radius 3 is 2.15 bits per heavy atom. The SMILES string of the molecule is CC.CCO.Cc1cccc(C)c1.O=C(O)Cc1ccc2c(c1)CCCN2. The first-order chi connectivity index (χ1) is 13.0. The second-order valence-electron chi connectivity index (χ2n) is 6.07. The van der Waals surface area contributed by atoms with Gasteiger partial charge in [0.05, 0.1) is 6.42 Å². The van der Waals surface area contributed by atoms with Crippen molar-refractivity contribution < 1.29 is 15.0 Å². The standard InChI is InChI=1S/C11H13NO2.C8H10.C2H6O.C2H6/c13-11(14)7-8-3-4-10-9(6-8)2-1-5-12-10;1-7-4-3-5-8(2)6-7;1-2-3;1-2/h3-4,6,12H,1-2,5,7H2,(H,13,14);3-6H,1-2H3;3H,2H2,1H3;1-2H3. The first-order valence-electron chi connectivity index (χ1n) is 9.67. The maximum Gasteiger partial charge on any atom is 0.307 e. The number of fused-ring (bicyclic) bond motifs is 1. The summed E-state index contributed by atoms with van der Waals surface area (Å²) >= 11 is 0. The van der Waals surface area contributed by atoms with Crippen molar-refractivity contribution in [3.8, 4) is 0 Å². The third-order valence-corrected chi connectivity index (χ3v) is 3.64. The minimum Gasteiger partial charge on any atom is -0.481 e. The lowest BCUT2D eigenvalue weighted by Gasteiger charge is -2.18. The highest BCUT2D eigenvalue weighted by Crippen LogP contribution is 2.22. The normalized spacial score (nSPS) is 11.0. The van der Waals surface area contributed by atoms with Crippen molar-refractivity contribution in [1.82, 2.24) is 0 Å². The molecule has 3 N–H and O–H groups in total. The summed E-state index contributed by atoms with van der Waals surface area (Å²) < 4.78 is 0. The minimum atomic E-state index is -0.770. The molecule has 0 saturated carbocycles. The number of carboxylic acid groups (broad SMARTS) is 1. The molecule has 1 aliphatic rings. The molecule has 0 aliphatic carbocycles. The first kappa shape index (κ1) is 24.7. The number of aliphatic hydroxyl groups is 1. The zero-order chi connectivity index (χ0) is 20.7. The summed E-state index contributed by atoms with van der Waals surface area (Å²) in [7, 11) is 0. The molecule has 3 rings (SSSR count). The summed E-state index contributed by atoms with van der Waals surface area (Å²) in [4.78, 5) is 10.5. The van der Waals surface area contributed by atoms with Crippen molar-refractivity contribution in [2.75, 3.05) is 18.5 Å². The molecule has 0 aromatic heterocycles. The average Bonchev–Trinajstić information content (AvgIpc) is 2.64. The van der Waals surface area contributed by atoms with E-state index in [4.69, 9.17) is 10.2 Å². The molecule has 0 spiro atoms. The van der Waals surface area contributed by atoms with Gasteiger partial charge in [0.1, 0.15) is 0 Å². The number of aliphatic hydroxyl groups excluding tert-OH is 1. The number of rotatable bonds is 2. The Balaban J connectivity index is 0.000000442. The molecular formula is C23H35NO3. The summed E-state index contributed by atoms with van der Waals surface area (Å²) in [6.45, 7) is 11.2. The second-order valence-corrected chi connectivity index (χ2v) is 6.07. The van der Waals surface area contributed by atoms with Gasteiger partial charge in [-0.2, -0.15) is 0 Å². The van der Waals surface area contributed by atoms with E-state index in [9.17, 15) is 4.79 Å². The number of hydrogen-bond acceptors (Lipinski definition) is 3. The van der Waals surface area contributed by atoms with Crippen LogP contribution in [0.2, 0.25) is 0 Å². The molecule has 0 radical (unpaired) electrons. The Morgan fingerprint density at radius 1 is 1.07 bits per heavy atom. The van der Waals surface area contributed by atoms with E-state index in [0.29, 0.717) is 0 Å². The van der Waals surface area contributed by atoms with Crippen LogP contribution in [0.3, 0.4) is 0 Å². The maximum absolute atomic E-state index is 10.5. The number of benzene rings is 2. The molecule has 0 fully saturated rings. The van der Waals surface area contributed by atoms with Crippen molar-refractivity contribution in [1.29, 1.82) is 0 Å². The zero-order valence-corrected chi connectivity index (χ0v) is 17.4. The summed E-state index contributed by atoms with van der Waals surface area (Å²) in [6.07, 6.45) is 2.30. The molecule has 150 valence electrons. The molecule has 0 saturated heterocycles. The number of aryl methyl sites for hydroxylation is 3. The fraction of sp³-hybridized carbons (Fsp3) is 0.435. The lowest BCUT2D eigenvalue weighted by molar-refractivity contribution is -0.136. The molecule has 27 heavy (non-hydrogen) atoms. The highest BCUT2D eigenvalue weighted by atomic mass is 16.4. The third kappa shape index (κ3) is 11.1. The van der Waals surface area contributed by atoms with Gasteiger partial charge in [0, 0.05) is 18.8 Å². The molecule has 2 aromatic rings. The maximum atomic E-state index is 10.5. The van der Waals surface area contributed by atoms with E-state index in [1.165, 1.54) is 16.7 Å². The van der Waals surface area contributed by atoms with E-state index >= 15 is 0 Å². The summed E-state index contributed by atoms with van der Waals surface area (Å²) in [5.74, 6) is -0.770. The Bertz CT molecular complexity index is 651. The van der Waals surface area contributed by atoms with E-state index in [-0.39, 0.29) is 13.0 Å². The monoisotopic (exact) mass is 373 g/mol. The van der Waals surface area contributed by atoms with Gasteiger partial charge >= 0.3 is 5.97 Å². The second kappa shape index (κ2) is 14.8. The quantitative estimate of drug-likeness (QED) is 0.693.